The molecule has 9 nitrogen and oxygen atoms in total. The molecule has 35 heavy (non-hydrogen) atoms. The number of aromatic nitrogens is 2. The Labute approximate surface area is 217 Å². The molecule has 0 fully saturated rings. The number of benzene rings is 2. The Bertz CT molecular complexity index is 1160. The zero-order valence-electron chi connectivity index (χ0n) is 19.1. The van der Waals surface area contributed by atoms with Gasteiger partial charge in [0.25, 0.3) is 17.0 Å². The Kier molecular flexibility index (Phi) is 10.5. The lowest BCUT2D eigenvalue weighted by Crippen LogP contribution is -2.19. The molecule has 186 valence electrons. The zero-order chi connectivity index (χ0) is 25.0. The number of ether oxygens (including phenoxy) is 3. The molecule has 1 amide bonds. The van der Waals surface area contributed by atoms with Crippen molar-refractivity contribution >= 4 is 47.1 Å². The van der Waals surface area contributed by atoms with Gasteiger partial charge in [0.1, 0.15) is 5.75 Å². The van der Waals surface area contributed by atoms with Gasteiger partial charge in [-0.2, -0.15) is 5.10 Å². The number of halogens is 2. The van der Waals surface area contributed by atoms with E-state index in [0.29, 0.717) is 33.9 Å². The minimum Gasteiger partial charge on any atom is -0.493 e. The molecule has 0 aliphatic carbocycles. The van der Waals surface area contributed by atoms with E-state index in [1.165, 1.54) is 6.21 Å². The lowest BCUT2D eigenvalue weighted by molar-refractivity contribution is -0.118. The van der Waals surface area contributed by atoms with Crippen LogP contribution < -0.4 is 19.6 Å². The Morgan fingerprint density at radius 1 is 1.14 bits per heavy atom. The summed E-state index contributed by atoms with van der Waals surface area (Å²) < 4.78 is 22.1. The second-order valence-corrected chi connectivity index (χ2v) is 8.79. The number of hydrogen-bond donors (Lipinski definition) is 1. The maximum atomic E-state index is 12.1. The van der Waals surface area contributed by atoms with Crippen molar-refractivity contribution in [2.45, 2.75) is 31.6 Å². The van der Waals surface area contributed by atoms with E-state index in [2.05, 4.69) is 27.6 Å². The number of carbonyl (C=O) groups excluding carboxylic acids is 1. The van der Waals surface area contributed by atoms with Gasteiger partial charge < -0.3 is 18.6 Å². The highest BCUT2D eigenvalue weighted by molar-refractivity contribution is 7.99. The first kappa shape index (κ1) is 26.7. The number of thioether (sulfide) groups is 1. The van der Waals surface area contributed by atoms with Gasteiger partial charge in [-0.15, -0.1) is 10.2 Å². The molecule has 0 aliphatic heterocycles. The van der Waals surface area contributed by atoms with E-state index in [0.717, 1.165) is 30.2 Å². The smallest absolute Gasteiger partial charge is 0.277 e. The van der Waals surface area contributed by atoms with E-state index < -0.39 is 0 Å². The summed E-state index contributed by atoms with van der Waals surface area (Å²) >= 11 is 13.0. The van der Waals surface area contributed by atoms with E-state index in [1.807, 2.05) is 12.1 Å². The summed E-state index contributed by atoms with van der Waals surface area (Å²) in [5, 5.41) is 12.9. The van der Waals surface area contributed by atoms with Crippen molar-refractivity contribution in [3.63, 3.8) is 0 Å². The molecule has 1 N–H and O–H groups in total. The molecule has 1 heterocycles. The predicted octanol–water partition coefficient (Wildman–Crippen LogP) is 5.39. The van der Waals surface area contributed by atoms with Crippen molar-refractivity contribution in [3.05, 3.63) is 57.9 Å². The molecule has 0 radical (unpaired) electrons. The van der Waals surface area contributed by atoms with Gasteiger partial charge in [0.15, 0.2) is 18.1 Å². The van der Waals surface area contributed by atoms with Crippen molar-refractivity contribution in [1.29, 1.82) is 0 Å². The Hall–Kier alpha value is -2.95. The Balaban J connectivity index is 1.43. The topological polar surface area (TPSA) is 108 Å². The summed E-state index contributed by atoms with van der Waals surface area (Å²) in [7, 11) is 1.57. The normalized spacial score (nSPS) is 11.0. The summed E-state index contributed by atoms with van der Waals surface area (Å²) in [5.41, 5.74) is 3.21. The van der Waals surface area contributed by atoms with Gasteiger partial charge in [0.05, 0.1) is 30.7 Å². The molecular weight excluding hydrogens is 515 g/mol. The van der Waals surface area contributed by atoms with Crippen molar-refractivity contribution < 1.29 is 23.4 Å². The van der Waals surface area contributed by atoms with Gasteiger partial charge in [-0.05, 0) is 48.4 Å². The van der Waals surface area contributed by atoms with Gasteiger partial charge in [0, 0.05) is 5.02 Å². The van der Waals surface area contributed by atoms with E-state index in [1.54, 1.807) is 31.4 Å². The molecular formula is C23H24Cl2N4O5S. The van der Waals surface area contributed by atoms with Crippen LogP contribution in [0.4, 0.5) is 0 Å². The minimum absolute atomic E-state index is 0.0251. The number of hydrazone groups is 1. The van der Waals surface area contributed by atoms with E-state index in [4.69, 9.17) is 41.8 Å². The van der Waals surface area contributed by atoms with E-state index >= 15 is 0 Å². The summed E-state index contributed by atoms with van der Waals surface area (Å²) in [4.78, 5) is 12.1. The number of nitrogens with zero attached hydrogens (tertiary/aromatic N) is 3. The number of carbonyl (C=O) groups is 1. The van der Waals surface area contributed by atoms with Crippen LogP contribution in [0.5, 0.6) is 17.2 Å². The summed E-state index contributed by atoms with van der Waals surface area (Å²) in [6, 6.07) is 10.3. The first-order valence-corrected chi connectivity index (χ1v) is 12.4. The first-order valence-electron chi connectivity index (χ1n) is 10.6. The first-order chi connectivity index (χ1) is 17.0. The highest BCUT2D eigenvalue weighted by atomic mass is 35.5. The average molecular weight is 539 g/mol. The fraction of sp³-hybridized carbons (Fsp3) is 0.304. The van der Waals surface area contributed by atoms with Gasteiger partial charge in [-0.1, -0.05) is 48.3 Å². The SMILES string of the molecule is CCCCOc1ccc(/C=N\NC(=O)CSc2nnc(COc3ccc(Cl)cc3Cl)o2)cc1OC. The summed E-state index contributed by atoms with van der Waals surface area (Å²) in [5.74, 6) is 1.66. The van der Waals surface area contributed by atoms with E-state index in [9.17, 15) is 4.79 Å². The van der Waals surface area contributed by atoms with E-state index in [-0.39, 0.29) is 29.4 Å². The standard InChI is InChI=1S/C23H24Cl2N4O5S/c1-3-4-9-32-19-7-5-15(10-20(19)31-2)12-26-27-21(30)14-35-23-29-28-22(34-23)13-33-18-8-6-16(24)11-17(18)25/h5-8,10-12H,3-4,9,13-14H2,1-2H3,(H,27,30)/b26-12-. The molecule has 0 saturated carbocycles. The molecule has 0 unspecified atom stereocenters. The predicted molar refractivity (Wildman–Crippen MR) is 135 cm³/mol. The molecule has 3 rings (SSSR count). The number of unbranched alkanes of at least 4 members (excludes halogenated alkanes) is 1. The minimum atomic E-state index is -0.332. The monoisotopic (exact) mass is 538 g/mol. The lowest BCUT2D eigenvalue weighted by Gasteiger charge is -2.10. The molecule has 0 aliphatic rings. The van der Waals surface area contributed by atoms with Crippen LogP contribution >= 0.6 is 35.0 Å². The van der Waals surface area contributed by atoms with Crippen LogP contribution in [0.3, 0.4) is 0 Å². The van der Waals surface area contributed by atoms with Crippen LogP contribution in [0.1, 0.15) is 31.2 Å². The number of methoxy groups -OCH3 is 1. The molecule has 1 aromatic heterocycles. The number of nitrogens with one attached hydrogen (secondary N) is 1. The fourth-order valence-electron chi connectivity index (χ4n) is 2.64. The average Bonchev–Trinajstić information content (AvgIpc) is 3.31. The van der Waals surface area contributed by atoms with Crippen LogP contribution in [0.2, 0.25) is 10.0 Å². The second-order valence-electron chi connectivity index (χ2n) is 7.02. The van der Waals surface area contributed by atoms with Gasteiger partial charge in [-0.25, -0.2) is 5.43 Å². The van der Waals surface area contributed by atoms with Crippen LogP contribution in [0, 0.1) is 0 Å². The third-order valence-electron chi connectivity index (χ3n) is 4.37. The van der Waals surface area contributed by atoms with Crippen LogP contribution in [0.15, 0.2) is 51.1 Å². The zero-order valence-corrected chi connectivity index (χ0v) is 21.5. The quantitative estimate of drug-likeness (QED) is 0.133. The summed E-state index contributed by atoms with van der Waals surface area (Å²) in [6.07, 6.45) is 3.53. The highest BCUT2D eigenvalue weighted by Gasteiger charge is 2.11. The number of amides is 1. The summed E-state index contributed by atoms with van der Waals surface area (Å²) in [6.45, 7) is 2.75. The largest absolute Gasteiger partial charge is 0.493 e. The molecule has 0 spiro atoms. The molecule has 0 bridgehead atoms. The van der Waals surface area contributed by atoms with Crippen molar-refractivity contribution in [3.8, 4) is 17.2 Å². The second kappa shape index (κ2) is 13.8. The van der Waals surface area contributed by atoms with Crippen LogP contribution in [0.25, 0.3) is 0 Å². The number of rotatable bonds is 13. The maximum Gasteiger partial charge on any atom is 0.277 e. The molecule has 2 aromatic carbocycles. The van der Waals surface area contributed by atoms with Crippen LogP contribution in [-0.4, -0.2) is 41.8 Å². The van der Waals surface area contributed by atoms with Gasteiger partial charge in [-0.3, -0.25) is 4.79 Å². The van der Waals surface area contributed by atoms with Gasteiger partial charge in [0.2, 0.25) is 0 Å². The molecule has 12 heteroatoms. The molecule has 3 aromatic rings. The lowest BCUT2D eigenvalue weighted by atomic mass is 10.2. The third kappa shape index (κ3) is 8.65. The van der Waals surface area contributed by atoms with Crippen molar-refractivity contribution in [2.75, 3.05) is 19.5 Å². The van der Waals surface area contributed by atoms with Gasteiger partial charge >= 0.3 is 0 Å². The Morgan fingerprint density at radius 3 is 2.74 bits per heavy atom. The van der Waals surface area contributed by atoms with Crippen molar-refractivity contribution in [1.82, 2.24) is 15.6 Å². The Morgan fingerprint density at radius 2 is 1.97 bits per heavy atom. The highest BCUT2D eigenvalue weighted by Crippen LogP contribution is 2.29. The number of hydrogen-bond acceptors (Lipinski definition) is 9. The molecule has 0 saturated heterocycles. The maximum absolute atomic E-state index is 12.1. The van der Waals surface area contributed by atoms with Crippen molar-refractivity contribution in [2.24, 2.45) is 5.10 Å². The third-order valence-corrected chi connectivity index (χ3v) is 5.72. The van der Waals surface area contributed by atoms with Crippen LogP contribution in [-0.2, 0) is 11.4 Å². The fourth-order valence-corrected chi connectivity index (χ4v) is 3.67. The molecule has 0 atom stereocenters.